The molecule has 0 aliphatic carbocycles. The van der Waals surface area contributed by atoms with E-state index < -0.39 is 6.10 Å². The van der Waals surface area contributed by atoms with E-state index >= 15 is 0 Å². The van der Waals surface area contributed by atoms with Crippen molar-refractivity contribution in [1.82, 2.24) is 10.2 Å². The molecular weight excluding hydrogens is 498 g/mol. The van der Waals surface area contributed by atoms with Gasteiger partial charge in [-0.1, -0.05) is 12.1 Å². The molecule has 0 bridgehead atoms. The quantitative estimate of drug-likeness (QED) is 0.343. The number of hydrogen-bond donors (Lipinski definition) is 2. The third kappa shape index (κ3) is 6.46. The summed E-state index contributed by atoms with van der Waals surface area (Å²) in [4.78, 5) is 9.16. The molecule has 0 spiro atoms. The van der Waals surface area contributed by atoms with Gasteiger partial charge >= 0.3 is 0 Å². The van der Waals surface area contributed by atoms with Crippen LogP contribution in [0, 0.1) is 5.82 Å². The van der Waals surface area contributed by atoms with Gasteiger partial charge in [-0.25, -0.2) is 4.39 Å². The van der Waals surface area contributed by atoms with Gasteiger partial charge in [0.25, 0.3) is 0 Å². The van der Waals surface area contributed by atoms with Gasteiger partial charge in [-0.3, -0.25) is 4.99 Å². The first-order valence-corrected chi connectivity index (χ1v) is 9.96. The first-order chi connectivity index (χ1) is 14.1. The third-order valence-electron chi connectivity index (χ3n) is 5.02. The van der Waals surface area contributed by atoms with Gasteiger partial charge in [0.1, 0.15) is 11.6 Å². The van der Waals surface area contributed by atoms with Gasteiger partial charge in [0.15, 0.2) is 5.96 Å². The van der Waals surface area contributed by atoms with Crippen LogP contribution in [0.1, 0.15) is 18.6 Å². The molecule has 0 radical (unpaired) electrons. The maximum absolute atomic E-state index is 13.1. The van der Waals surface area contributed by atoms with E-state index in [4.69, 9.17) is 4.74 Å². The number of ether oxygens (including phenoxy) is 1. The largest absolute Gasteiger partial charge is 0.497 e. The summed E-state index contributed by atoms with van der Waals surface area (Å²) in [5, 5.41) is 13.7. The highest BCUT2D eigenvalue weighted by atomic mass is 127. The Hall–Kier alpha value is -2.07. The Kier molecular flexibility index (Phi) is 9.64. The van der Waals surface area contributed by atoms with Gasteiger partial charge in [0.05, 0.1) is 19.8 Å². The van der Waals surface area contributed by atoms with E-state index in [-0.39, 0.29) is 36.3 Å². The first-order valence-electron chi connectivity index (χ1n) is 9.96. The van der Waals surface area contributed by atoms with Crippen molar-refractivity contribution in [2.45, 2.75) is 13.0 Å². The van der Waals surface area contributed by atoms with Crippen molar-refractivity contribution in [2.24, 2.45) is 4.99 Å². The van der Waals surface area contributed by atoms with Crippen LogP contribution in [0.2, 0.25) is 0 Å². The predicted octanol–water partition coefficient (Wildman–Crippen LogP) is 3.27. The van der Waals surface area contributed by atoms with Gasteiger partial charge < -0.3 is 25.0 Å². The number of nitrogens with zero attached hydrogens (tertiary/aromatic N) is 3. The minimum atomic E-state index is -0.759. The molecule has 1 heterocycles. The minimum Gasteiger partial charge on any atom is -0.497 e. The molecule has 8 heteroatoms. The normalized spacial score (nSPS) is 15.4. The molecule has 3 rings (SSSR count). The smallest absolute Gasteiger partial charge is 0.194 e. The number of nitrogens with one attached hydrogen (secondary N) is 1. The fourth-order valence-electron chi connectivity index (χ4n) is 3.36. The topological polar surface area (TPSA) is 60.3 Å². The summed E-state index contributed by atoms with van der Waals surface area (Å²) >= 11 is 0. The number of hydrogen-bond acceptors (Lipinski definition) is 4. The van der Waals surface area contributed by atoms with Gasteiger partial charge in [-0.05, 0) is 48.9 Å². The van der Waals surface area contributed by atoms with Gasteiger partial charge in [0, 0.05) is 38.4 Å². The van der Waals surface area contributed by atoms with Crippen LogP contribution in [-0.2, 0) is 0 Å². The number of methoxy groups -OCH3 is 1. The third-order valence-corrected chi connectivity index (χ3v) is 5.02. The molecule has 0 saturated carbocycles. The lowest BCUT2D eigenvalue weighted by atomic mass is 10.1. The van der Waals surface area contributed by atoms with Crippen LogP contribution < -0.4 is 15.0 Å². The summed E-state index contributed by atoms with van der Waals surface area (Å²) in [7, 11) is 1.67. The molecule has 164 valence electrons. The van der Waals surface area contributed by atoms with Gasteiger partial charge in [0.2, 0.25) is 0 Å². The van der Waals surface area contributed by atoms with Crippen LogP contribution >= 0.6 is 24.0 Å². The molecule has 1 atom stereocenters. The van der Waals surface area contributed by atoms with Crippen LogP contribution in [0.15, 0.2) is 53.5 Å². The Balaban J connectivity index is 0.00000320. The number of guanidine groups is 1. The van der Waals surface area contributed by atoms with Crippen molar-refractivity contribution in [1.29, 1.82) is 0 Å². The van der Waals surface area contributed by atoms with E-state index in [0.717, 1.165) is 44.4 Å². The Morgan fingerprint density at radius 1 is 1.10 bits per heavy atom. The summed E-state index contributed by atoms with van der Waals surface area (Å²) < 4.78 is 18.3. The number of aliphatic imine (C=N–C) groups is 1. The highest BCUT2D eigenvalue weighted by Crippen LogP contribution is 2.20. The van der Waals surface area contributed by atoms with Crippen molar-refractivity contribution >= 4 is 35.6 Å². The lowest BCUT2D eigenvalue weighted by Crippen LogP contribution is -2.52. The molecule has 6 nitrogen and oxygen atoms in total. The molecule has 1 unspecified atom stereocenters. The van der Waals surface area contributed by atoms with Crippen molar-refractivity contribution in [2.75, 3.05) is 51.3 Å². The van der Waals surface area contributed by atoms with E-state index in [2.05, 4.69) is 32.2 Å². The fraction of sp³-hybridized carbons (Fsp3) is 0.409. The van der Waals surface area contributed by atoms with Gasteiger partial charge in [-0.15, -0.1) is 24.0 Å². The van der Waals surface area contributed by atoms with Crippen molar-refractivity contribution in [3.8, 4) is 5.75 Å². The SMILES string of the molecule is CCNC(=NCC(O)c1ccc(F)cc1)N1CCN(c2ccc(OC)cc2)CC1.I. The van der Waals surface area contributed by atoms with E-state index in [9.17, 15) is 9.50 Å². The van der Waals surface area contributed by atoms with Crippen LogP contribution in [0.4, 0.5) is 10.1 Å². The molecule has 2 aromatic rings. The molecule has 2 aromatic carbocycles. The highest BCUT2D eigenvalue weighted by molar-refractivity contribution is 14.0. The number of aliphatic hydroxyl groups is 1. The summed E-state index contributed by atoms with van der Waals surface area (Å²) in [6.45, 7) is 6.46. The van der Waals surface area contributed by atoms with E-state index in [1.54, 1.807) is 19.2 Å². The second kappa shape index (κ2) is 11.9. The van der Waals surface area contributed by atoms with Crippen molar-refractivity contribution in [3.05, 3.63) is 59.9 Å². The average molecular weight is 528 g/mol. The van der Waals surface area contributed by atoms with E-state index in [1.165, 1.54) is 17.8 Å². The Morgan fingerprint density at radius 2 is 1.73 bits per heavy atom. The molecule has 1 saturated heterocycles. The summed E-state index contributed by atoms with van der Waals surface area (Å²) in [6.07, 6.45) is -0.759. The zero-order chi connectivity index (χ0) is 20.6. The zero-order valence-electron chi connectivity index (χ0n) is 17.4. The maximum Gasteiger partial charge on any atom is 0.194 e. The fourth-order valence-corrected chi connectivity index (χ4v) is 3.36. The number of benzene rings is 2. The molecule has 0 aromatic heterocycles. The van der Waals surface area contributed by atoms with Crippen LogP contribution in [-0.4, -0.2) is 62.3 Å². The Bertz CT molecular complexity index is 794. The average Bonchev–Trinajstić information content (AvgIpc) is 2.77. The lowest BCUT2D eigenvalue weighted by Gasteiger charge is -2.37. The van der Waals surface area contributed by atoms with Gasteiger partial charge in [-0.2, -0.15) is 0 Å². The van der Waals surface area contributed by atoms with Crippen LogP contribution in [0.25, 0.3) is 0 Å². The first kappa shape index (κ1) is 24.2. The van der Waals surface area contributed by atoms with E-state index in [1.807, 2.05) is 19.1 Å². The summed E-state index contributed by atoms with van der Waals surface area (Å²) in [5.41, 5.74) is 1.84. The van der Waals surface area contributed by atoms with Crippen LogP contribution in [0.5, 0.6) is 5.75 Å². The highest BCUT2D eigenvalue weighted by Gasteiger charge is 2.20. The second-order valence-corrected chi connectivity index (χ2v) is 6.93. The molecule has 30 heavy (non-hydrogen) atoms. The molecule has 1 aliphatic rings. The monoisotopic (exact) mass is 528 g/mol. The molecule has 2 N–H and O–H groups in total. The number of aliphatic hydroxyl groups excluding tert-OH is 1. The molecule has 0 amide bonds. The minimum absolute atomic E-state index is 0. The van der Waals surface area contributed by atoms with Crippen LogP contribution in [0.3, 0.4) is 0 Å². The number of halogens is 2. The number of piperazine rings is 1. The van der Waals surface area contributed by atoms with E-state index in [0.29, 0.717) is 5.56 Å². The molecule has 1 aliphatic heterocycles. The lowest BCUT2D eigenvalue weighted by molar-refractivity contribution is 0.186. The van der Waals surface area contributed by atoms with Crippen molar-refractivity contribution in [3.63, 3.8) is 0 Å². The summed E-state index contributed by atoms with van der Waals surface area (Å²) in [5.74, 6) is 1.34. The Labute approximate surface area is 194 Å². The predicted molar refractivity (Wildman–Crippen MR) is 130 cm³/mol. The molecular formula is C22H30FIN4O2. The number of anilines is 1. The summed E-state index contributed by atoms with van der Waals surface area (Å²) in [6, 6.07) is 14.0. The standard InChI is InChI=1S/C22H29FN4O2.HI/c1-3-24-22(25-16-21(28)17-4-6-18(23)7-5-17)27-14-12-26(13-15-27)19-8-10-20(29-2)11-9-19;/h4-11,21,28H,3,12-16H2,1-2H3,(H,24,25);1H. The maximum atomic E-state index is 13.1. The number of rotatable bonds is 6. The molecule has 1 fully saturated rings. The Morgan fingerprint density at radius 3 is 2.30 bits per heavy atom. The van der Waals surface area contributed by atoms with Crippen molar-refractivity contribution < 1.29 is 14.2 Å². The zero-order valence-corrected chi connectivity index (χ0v) is 19.8. The second-order valence-electron chi connectivity index (χ2n) is 6.93.